The van der Waals surface area contributed by atoms with E-state index in [0.717, 1.165) is 17.4 Å². The van der Waals surface area contributed by atoms with Gasteiger partial charge in [-0.2, -0.15) is 0 Å². The van der Waals surface area contributed by atoms with Gasteiger partial charge >= 0.3 is 0 Å². The number of nitrogens with zero attached hydrogens (tertiary/aromatic N) is 3. The molecule has 0 saturated carbocycles. The van der Waals surface area contributed by atoms with Gasteiger partial charge in [-0.15, -0.1) is 10.2 Å². The minimum Gasteiger partial charge on any atom is -0.309 e. The average molecular weight is 198 g/mol. The monoisotopic (exact) mass is 198 g/mol. The molecule has 3 nitrogen and oxygen atoms in total. The van der Waals surface area contributed by atoms with Gasteiger partial charge in [-0.1, -0.05) is 31.5 Å². The molecule has 0 fully saturated rings. The van der Waals surface area contributed by atoms with E-state index in [1.54, 1.807) is 11.8 Å². The fourth-order valence-electron chi connectivity index (χ4n) is 1.12. The van der Waals surface area contributed by atoms with Crippen LogP contribution < -0.4 is 0 Å². The number of unbranched alkanes of at least 4 members (excludes halogenated alkanes) is 2. The lowest BCUT2D eigenvalue weighted by Gasteiger charge is -2.00. The molecule has 0 saturated heterocycles. The van der Waals surface area contributed by atoms with Crippen molar-refractivity contribution in [3.63, 3.8) is 0 Å². The second kappa shape index (κ2) is 5.27. The van der Waals surface area contributed by atoms with E-state index >= 15 is 0 Å². The van der Waals surface area contributed by atoms with Crippen molar-refractivity contribution in [3.05, 3.63) is 12.2 Å². The first kappa shape index (κ1) is 10.6. The van der Waals surface area contributed by atoms with Gasteiger partial charge in [0.25, 0.3) is 0 Å². The van der Waals surface area contributed by atoms with Gasteiger partial charge in [0.2, 0.25) is 0 Å². The van der Waals surface area contributed by atoms with Gasteiger partial charge in [0.1, 0.15) is 5.82 Å². The molecule has 0 aromatic carbocycles. The maximum atomic E-state index is 4.09. The first-order valence-corrected chi connectivity index (χ1v) is 5.78. The Labute approximate surface area is 83.9 Å². The predicted octanol–water partition coefficient (Wildman–Crippen LogP) is 2.28. The Morgan fingerprint density at radius 3 is 2.77 bits per heavy atom. The van der Waals surface area contributed by atoms with Crippen molar-refractivity contribution in [3.8, 4) is 0 Å². The van der Waals surface area contributed by atoms with Crippen LogP contribution in [0.25, 0.3) is 0 Å². The summed E-state index contributed by atoms with van der Waals surface area (Å²) in [5.41, 5.74) is 0. The maximum Gasteiger partial charge on any atom is 0.190 e. The van der Waals surface area contributed by atoms with Crippen molar-refractivity contribution in [2.45, 2.75) is 31.3 Å². The minimum atomic E-state index is 0.975. The molecule has 0 atom stereocenters. The van der Waals surface area contributed by atoms with Crippen LogP contribution in [-0.2, 0) is 7.05 Å². The summed E-state index contributed by atoms with van der Waals surface area (Å²) in [4.78, 5) is 0. The van der Waals surface area contributed by atoms with E-state index in [1.807, 2.05) is 17.9 Å². The van der Waals surface area contributed by atoms with Crippen molar-refractivity contribution in [2.24, 2.45) is 7.05 Å². The van der Waals surface area contributed by atoms with E-state index in [2.05, 4.69) is 23.5 Å². The van der Waals surface area contributed by atoms with Crippen molar-refractivity contribution in [2.75, 3.05) is 6.26 Å². The fraction of sp³-hybridized carbons (Fsp3) is 0.667. The predicted molar refractivity (Wildman–Crippen MR) is 55.7 cm³/mol. The molecule has 0 aliphatic heterocycles. The zero-order valence-electron chi connectivity index (χ0n) is 8.45. The first-order valence-electron chi connectivity index (χ1n) is 4.56. The van der Waals surface area contributed by atoms with E-state index in [9.17, 15) is 0 Å². The van der Waals surface area contributed by atoms with E-state index < -0.39 is 0 Å². The summed E-state index contributed by atoms with van der Waals surface area (Å²) in [5.74, 6) is 0.984. The summed E-state index contributed by atoms with van der Waals surface area (Å²) in [5, 5.41) is 9.13. The lowest BCUT2D eigenvalue weighted by molar-refractivity contribution is 0.734. The Morgan fingerprint density at radius 1 is 1.46 bits per heavy atom. The van der Waals surface area contributed by atoms with Gasteiger partial charge in [0.05, 0.1) is 0 Å². The van der Waals surface area contributed by atoms with Crippen LogP contribution in [0.4, 0.5) is 0 Å². The third-order valence-electron chi connectivity index (χ3n) is 1.94. The quantitative estimate of drug-likeness (QED) is 0.537. The molecule has 1 heterocycles. The van der Waals surface area contributed by atoms with Crippen molar-refractivity contribution in [1.29, 1.82) is 0 Å². The summed E-state index contributed by atoms with van der Waals surface area (Å²) >= 11 is 1.62. The molecule has 1 aromatic rings. The third kappa shape index (κ3) is 2.72. The number of thioether (sulfide) groups is 1. The molecule has 1 rings (SSSR count). The smallest absolute Gasteiger partial charge is 0.190 e. The second-order valence-electron chi connectivity index (χ2n) is 2.95. The first-order chi connectivity index (χ1) is 6.29. The highest BCUT2D eigenvalue weighted by molar-refractivity contribution is 7.98. The van der Waals surface area contributed by atoms with Crippen LogP contribution in [0.3, 0.4) is 0 Å². The van der Waals surface area contributed by atoms with Crippen molar-refractivity contribution in [1.82, 2.24) is 14.8 Å². The van der Waals surface area contributed by atoms with Gasteiger partial charge in [-0.25, -0.2) is 0 Å². The van der Waals surface area contributed by atoms with Crippen molar-refractivity contribution < 1.29 is 0 Å². The topological polar surface area (TPSA) is 30.7 Å². The number of hydrogen-bond acceptors (Lipinski definition) is 3. The normalized spacial score (nSPS) is 10.7. The summed E-state index contributed by atoms with van der Waals surface area (Å²) in [6.45, 7) is 2.19. The Kier molecular flexibility index (Phi) is 4.28. The average Bonchev–Trinajstić information content (AvgIpc) is 2.48. The second-order valence-corrected chi connectivity index (χ2v) is 3.72. The number of hydrogen-bond donors (Lipinski definition) is 0. The molecule has 73 valence electrons. The molecule has 0 aliphatic carbocycles. The van der Waals surface area contributed by atoms with Crippen LogP contribution in [0.2, 0.25) is 0 Å². The zero-order chi connectivity index (χ0) is 9.68. The molecular weight excluding hydrogens is 182 g/mol. The van der Waals surface area contributed by atoms with Gasteiger partial charge < -0.3 is 4.57 Å². The highest BCUT2D eigenvalue weighted by Gasteiger charge is 2.06. The SMILES string of the molecule is CCCC[CH]c1nnc(SC)n1C. The lowest BCUT2D eigenvalue weighted by Crippen LogP contribution is -1.97. The van der Waals surface area contributed by atoms with Crippen LogP contribution in [-0.4, -0.2) is 21.0 Å². The molecule has 4 heteroatoms. The molecular formula is C9H16N3S. The van der Waals surface area contributed by atoms with Gasteiger partial charge in [-0.05, 0) is 12.7 Å². The molecule has 0 aliphatic rings. The summed E-state index contributed by atoms with van der Waals surface area (Å²) in [6, 6.07) is 0. The molecule has 13 heavy (non-hydrogen) atoms. The highest BCUT2D eigenvalue weighted by atomic mass is 32.2. The van der Waals surface area contributed by atoms with Gasteiger partial charge in [-0.3, -0.25) is 0 Å². The molecule has 0 N–H and O–H groups in total. The van der Waals surface area contributed by atoms with Crippen LogP contribution in [0.15, 0.2) is 5.16 Å². The molecule has 0 bridgehead atoms. The lowest BCUT2D eigenvalue weighted by atomic mass is 10.2. The van der Waals surface area contributed by atoms with Crippen LogP contribution in [0.5, 0.6) is 0 Å². The minimum absolute atomic E-state index is 0.975. The van der Waals surface area contributed by atoms with E-state index in [-0.39, 0.29) is 0 Å². The zero-order valence-corrected chi connectivity index (χ0v) is 9.27. The summed E-state index contributed by atoms with van der Waals surface area (Å²) in [7, 11) is 2.00. The summed E-state index contributed by atoms with van der Waals surface area (Å²) < 4.78 is 2.03. The molecule has 0 spiro atoms. The Hall–Kier alpha value is -0.510. The Morgan fingerprint density at radius 2 is 2.23 bits per heavy atom. The largest absolute Gasteiger partial charge is 0.309 e. The van der Waals surface area contributed by atoms with Crippen molar-refractivity contribution >= 4 is 11.8 Å². The third-order valence-corrected chi connectivity index (χ3v) is 2.66. The Balaban J connectivity index is 2.51. The van der Waals surface area contributed by atoms with E-state index in [1.165, 1.54) is 12.8 Å². The fourth-order valence-corrected chi connectivity index (χ4v) is 1.61. The number of aromatic nitrogens is 3. The standard InChI is InChI=1S/C9H16N3S/c1-4-5-6-7-8-10-11-9(13-3)12(8)2/h7H,4-6H2,1-3H3. The molecule has 0 unspecified atom stereocenters. The van der Waals surface area contributed by atoms with E-state index in [4.69, 9.17) is 0 Å². The van der Waals surface area contributed by atoms with E-state index in [0.29, 0.717) is 0 Å². The summed E-state index contributed by atoms with van der Waals surface area (Å²) in [6.07, 6.45) is 7.71. The Bertz CT molecular complexity index is 257. The number of rotatable bonds is 5. The maximum absolute atomic E-state index is 4.09. The van der Waals surface area contributed by atoms with Crippen LogP contribution >= 0.6 is 11.8 Å². The van der Waals surface area contributed by atoms with Gasteiger partial charge in [0, 0.05) is 13.5 Å². The molecule has 1 aromatic heterocycles. The highest BCUT2D eigenvalue weighted by Crippen LogP contribution is 2.14. The van der Waals surface area contributed by atoms with Crippen LogP contribution in [0, 0.1) is 6.42 Å². The van der Waals surface area contributed by atoms with Gasteiger partial charge in [0.15, 0.2) is 5.16 Å². The molecule has 1 radical (unpaired) electrons. The van der Waals surface area contributed by atoms with Crippen LogP contribution in [0.1, 0.15) is 32.0 Å². The molecule has 0 amide bonds.